The average molecular weight is 367 g/mol. The van der Waals surface area contributed by atoms with E-state index in [-0.39, 0.29) is 5.56 Å². The molecular formula is C21H16F3N3. The molecule has 0 unspecified atom stereocenters. The smallest absolute Gasteiger partial charge is 0.137 e. The van der Waals surface area contributed by atoms with Crippen LogP contribution >= 0.6 is 0 Å². The van der Waals surface area contributed by atoms with Crippen molar-refractivity contribution in [3.8, 4) is 11.3 Å². The van der Waals surface area contributed by atoms with E-state index in [1.165, 1.54) is 24.4 Å². The van der Waals surface area contributed by atoms with E-state index in [0.29, 0.717) is 41.0 Å². The molecule has 136 valence electrons. The lowest BCUT2D eigenvalue weighted by Gasteiger charge is -2.17. The maximum atomic E-state index is 15.4. The van der Waals surface area contributed by atoms with Crippen molar-refractivity contribution < 1.29 is 13.2 Å². The zero-order chi connectivity index (χ0) is 19.0. The van der Waals surface area contributed by atoms with Crippen molar-refractivity contribution in [1.29, 1.82) is 0 Å². The zero-order valence-electron chi connectivity index (χ0n) is 14.6. The summed E-state index contributed by atoms with van der Waals surface area (Å²) in [6.45, 7) is 0.753. The van der Waals surface area contributed by atoms with Crippen LogP contribution in [0.2, 0.25) is 0 Å². The number of hydrogen-bond acceptors (Lipinski definition) is 3. The molecule has 0 amide bonds. The third kappa shape index (κ3) is 3.13. The molecule has 0 saturated carbocycles. The van der Waals surface area contributed by atoms with Gasteiger partial charge in [-0.3, -0.25) is 4.90 Å². The predicted molar refractivity (Wildman–Crippen MR) is 97.2 cm³/mol. The largest absolute Gasteiger partial charge is 0.298 e. The molecule has 27 heavy (non-hydrogen) atoms. The van der Waals surface area contributed by atoms with Crippen LogP contribution in [0.3, 0.4) is 0 Å². The fraction of sp³-hybridized carbons (Fsp3) is 0.143. The zero-order valence-corrected chi connectivity index (χ0v) is 14.6. The van der Waals surface area contributed by atoms with Crippen molar-refractivity contribution in [2.75, 3.05) is 13.6 Å². The van der Waals surface area contributed by atoms with E-state index in [4.69, 9.17) is 0 Å². The van der Waals surface area contributed by atoms with Gasteiger partial charge >= 0.3 is 0 Å². The molecular weight excluding hydrogens is 351 g/mol. The summed E-state index contributed by atoms with van der Waals surface area (Å²) in [5.74, 6) is -1.80. The summed E-state index contributed by atoms with van der Waals surface area (Å²) >= 11 is 0. The van der Waals surface area contributed by atoms with Crippen LogP contribution in [0.15, 0.2) is 54.7 Å². The standard InChI is InChI=1S/C21H16F3N3/c1-27-11-9-14(20-17(22)4-2-5-18(20)23)13-7-8-15(21(24)16(13)12-27)19-6-3-10-25-26-19/h2-10H,11-12H2,1H3. The maximum absolute atomic E-state index is 15.4. The minimum Gasteiger partial charge on any atom is -0.298 e. The highest BCUT2D eigenvalue weighted by atomic mass is 19.1. The summed E-state index contributed by atoms with van der Waals surface area (Å²) in [5.41, 5.74) is 1.80. The van der Waals surface area contributed by atoms with Gasteiger partial charge < -0.3 is 0 Å². The third-order valence-corrected chi connectivity index (χ3v) is 4.65. The van der Waals surface area contributed by atoms with Gasteiger partial charge in [-0.15, -0.1) is 0 Å². The molecule has 0 atom stereocenters. The maximum Gasteiger partial charge on any atom is 0.137 e. The Morgan fingerprint density at radius 3 is 2.37 bits per heavy atom. The molecule has 0 N–H and O–H groups in total. The Labute approximate surface area is 154 Å². The Balaban J connectivity index is 1.94. The second kappa shape index (κ2) is 6.96. The van der Waals surface area contributed by atoms with Crippen molar-refractivity contribution in [2.45, 2.75) is 6.54 Å². The van der Waals surface area contributed by atoms with Gasteiger partial charge in [-0.25, -0.2) is 13.2 Å². The molecule has 0 saturated heterocycles. The fourth-order valence-corrected chi connectivity index (χ4v) is 3.35. The Bertz CT molecular complexity index is 1010. The number of benzene rings is 2. The van der Waals surface area contributed by atoms with Crippen LogP contribution in [0.4, 0.5) is 13.2 Å². The molecule has 0 bridgehead atoms. The summed E-state index contributed by atoms with van der Waals surface area (Å²) in [7, 11) is 1.83. The van der Waals surface area contributed by atoms with Gasteiger partial charge in [-0.05, 0) is 48.5 Å². The minimum atomic E-state index is -0.671. The molecule has 2 aromatic carbocycles. The van der Waals surface area contributed by atoms with Crippen LogP contribution in [-0.4, -0.2) is 28.7 Å². The number of aromatic nitrogens is 2. The van der Waals surface area contributed by atoms with E-state index < -0.39 is 17.5 Å². The van der Waals surface area contributed by atoms with Gasteiger partial charge in [-0.1, -0.05) is 18.2 Å². The summed E-state index contributed by atoms with van der Waals surface area (Å²) in [4.78, 5) is 1.88. The highest BCUT2D eigenvalue weighted by Gasteiger charge is 2.24. The molecule has 0 radical (unpaired) electrons. The first-order valence-corrected chi connectivity index (χ1v) is 8.49. The quantitative estimate of drug-likeness (QED) is 0.671. The van der Waals surface area contributed by atoms with Crippen molar-refractivity contribution >= 4 is 5.57 Å². The van der Waals surface area contributed by atoms with Crippen molar-refractivity contribution in [3.05, 3.63) is 88.9 Å². The Morgan fingerprint density at radius 2 is 1.67 bits per heavy atom. The van der Waals surface area contributed by atoms with Crippen LogP contribution in [0.5, 0.6) is 0 Å². The van der Waals surface area contributed by atoms with Crippen LogP contribution in [0, 0.1) is 17.5 Å². The molecule has 4 rings (SSSR count). The van der Waals surface area contributed by atoms with Crippen molar-refractivity contribution in [3.63, 3.8) is 0 Å². The van der Waals surface area contributed by atoms with E-state index in [1.807, 2.05) is 11.9 Å². The van der Waals surface area contributed by atoms with Gasteiger partial charge in [0.25, 0.3) is 0 Å². The molecule has 0 spiro atoms. The summed E-state index contributed by atoms with van der Waals surface area (Å²) in [6, 6.07) is 10.4. The number of rotatable bonds is 2. The lowest BCUT2D eigenvalue weighted by Crippen LogP contribution is -2.17. The SMILES string of the molecule is CN1CC=C(c2c(F)cccc2F)c2ccc(-c3cccnn3)c(F)c2C1. The van der Waals surface area contributed by atoms with Crippen LogP contribution in [-0.2, 0) is 6.54 Å². The summed E-state index contributed by atoms with van der Waals surface area (Å²) in [6.07, 6.45) is 3.25. The van der Waals surface area contributed by atoms with Crippen molar-refractivity contribution in [2.24, 2.45) is 0 Å². The first-order chi connectivity index (χ1) is 13.1. The second-order valence-corrected chi connectivity index (χ2v) is 6.47. The normalized spacial score (nSPS) is 14.4. The monoisotopic (exact) mass is 367 g/mol. The molecule has 6 heteroatoms. The van der Waals surface area contributed by atoms with Crippen LogP contribution < -0.4 is 0 Å². The highest BCUT2D eigenvalue weighted by molar-refractivity contribution is 5.84. The Morgan fingerprint density at radius 1 is 0.926 bits per heavy atom. The molecule has 3 aromatic rings. The first kappa shape index (κ1) is 17.4. The van der Waals surface area contributed by atoms with Gasteiger partial charge in [0.2, 0.25) is 0 Å². The highest BCUT2D eigenvalue weighted by Crippen LogP contribution is 2.36. The lowest BCUT2D eigenvalue weighted by atomic mass is 9.91. The van der Waals surface area contributed by atoms with Crippen molar-refractivity contribution in [1.82, 2.24) is 15.1 Å². The Hall–Kier alpha value is -2.99. The van der Waals surface area contributed by atoms with Gasteiger partial charge in [0.15, 0.2) is 0 Å². The Kier molecular flexibility index (Phi) is 4.49. The van der Waals surface area contributed by atoms with E-state index in [0.717, 1.165) is 0 Å². The topological polar surface area (TPSA) is 29.0 Å². The predicted octanol–water partition coefficient (Wildman–Crippen LogP) is 4.44. The van der Waals surface area contributed by atoms with Gasteiger partial charge in [0.05, 0.1) is 11.3 Å². The molecule has 1 aliphatic heterocycles. The van der Waals surface area contributed by atoms with E-state index >= 15 is 4.39 Å². The summed E-state index contributed by atoms with van der Waals surface area (Å²) < 4.78 is 44.2. The van der Waals surface area contributed by atoms with E-state index in [9.17, 15) is 8.78 Å². The third-order valence-electron chi connectivity index (χ3n) is 4.65. The number of nitrogens with zero attached hydrogens (tertiary/aromatic N) is 3. The molecule has 0 fully saturated rings. The van der Waals surface area contributed by atoms with Gasteiger partial charge in [-0.2, -0.15) is 10.2 Å². The van der Waals surface area contributed by atoms with E-state index in [2.05, 4.69) is 10.2 Å². The number of likely N-dealkylation sites (N-methyl/N-ethyl adjacent to an activating group) is 1. The van der Waals surface area contributed by atoms with Crippen LogP contribution in [0.25, 0.3) is 16.8 Å². The summed E-state index contributed by atoms with van der Waals surface area (Å²) in [5, 5.41) is 7.76. The lowest BCUT2D eigenvalue weighted by molar-refractivity contribution is 0.358. The van der Waals surface area contributed by atoms with Gasteiger partial charge in [0.1, 0.15) is 17.5 Å². The first-order valence-electron chi connectivity index (χ1n) is 8.49. The molecule has 1 aliphatic rings. The minimum absolute atomic E-state index is 0.138. The van der Waals surface area contributed by atoms with Gasteiger partial charge in [0, 0.05) is 30.4 Å². The average Bonchev–Trinajstić information content (AvgIpc) is 2.82. The van der Waals surface area contributed by atoms with Crippen LogP contribution in [0.1, 0.15) is 16.7 Å². The van der Waals surface area contributed by atoms with E-state index in [1.54, 1.807) is 30.3 Å². The molecule has 3 nitrogen and oxygen atoms in total. The second-order valence-electron chi connectivity index (χ2n) is 6.47. The number of hydrogen-bond donors (Lipinski definition) is 0. The molecule has 0 aliphatic carbocycles. The molecule has 2 heterocycles. The fourth-order valence-electron chi connectivity index (χ4n) is 3.35. The molecule has 1 aromatic heterocycles. The number of fused-ring (bicyclic) bond motifs is 1. The number of halogens is 3.